The van der Waals surface area contributed by atoms with E-state index in [1.54, 1.807) is 0 Å². The Morgan fingerprint density at radius 3 is 2.43 bits per heavy atom. The molecule has 0 aliphatic rings. The van der Waals surface area contributed by atoms with Gasteiger partial charge >= 0.3 is 5.97 Å². The third-order valence-corrected chi connectivity index (χ3v) is 5.51. The molecule has 2 aromatic rings. The van der Waals surface area contributed by atoms with Crippen molar-refractivity contribution in [2.75, 3.05) is 25.5 Å². The quantitative estimate of drug-likeness (QED) is 0.678. The van der Waals surface area contributed by atoms with Crippen molar-refractivity contribution in [3.05, 3.63) is 59.1 Å². The molecule has 28 heavy (non-hydrogen) atoms. The number of nitrogens with zero attached hydrogens (tertiary/aromatic N) is 1. The summed E-state index contributed by atoms with van der Waals surface area (Å²) in [6.45, 7) is -1.46. The molecule has 0 aromatic heterocycles. The number of benzene rings is 2. The number of ether oxygens (including phenoxy) is 1. The highest BCUT2D eigenvalue weighted by atomic mass is 35.5. The molecule has 1 amide bonds. The lowest BCUT2D eigenvalue weighted by Gasteiger charge is -2.16. The van der Waals surface area contributed by atoms with Crippen LogP contribution in [0.1, 0.15) is 0 Å². The van der Waals surface area contributed by atoms with Gasteiger partial charge in [-0.25, -0.2) is 17.2 Å². The van der Waals surface area contributed by atoms with Crippen LogP contribution in [-0.2, 0) is 24.3 Å². The molecule has 0 unspecified atom stereocenters. The monoisotopic (exact) mass is 432 g/mol. The molecular formula is C17H15ClF2N2O5S. The predicted octanol–water partition coefficient (Wildman–Crippen LogP) is 2.42. The lowest BCUT2D eigenvalue weighted by atomic mass is 10.3. The molecule has 0 radical (unpaired) electrons. The van der Waals surface area contributed by atoms with E-state index < -0.39 is 52.4 Å². The molecule has 0 spiro atoms. The fourth-order valence-electron chi connectivity index (χ4n) is 2.02. The molecule has 0 aliphatic carbocycles. The number of hydrogen-bond donors (Lipinski definition) is 1. The number of sulfonamides is 1. The van der Waals surface area contributed by atoms with Gasteiger partial charge in [-0.05, 0) is 36.4 Å². The summed E-state index contributed by atoms with van der Waals surface area (Å²) >= 11 is 5.71. The fourth-order valence-corrected chi connectivity index (χ4v) is 3.27. The number of carbonyl (C=O) groups excluding carboxylic acids is 2. The van der Waals surface area contributed by atoms with Gasteiger partial charge in [0.1, 0.15) is 18.2 Å². The third kappa shape index (κ3) is 5.72. The standard InChI is InChI=1S/C17H15ClF2N2O5S/c1-22(28(25,26)13-5-2-11(18)3-6-13)9-17(24)27-10-16(23)21-15-8-12(19)4-7-14(15)20/h2-8H,9-10H2,1H3,(H,21,23). The molecule has 0 bridgehead atoms. The lowest BCUT2D eigenvalue weighted by molar-refractivity contribution is -0.147. The Morgan fingerprint density at radius 1 is 1.14 bits per heavy atom. The van der Waals surface area contributed by atoms with E-state index in [1.807, 2.05) is 5.32 Å². The Hall–Kier alpha value is -2.56. The number of anilines is 1. The van der Waals surface area contributed by atoms with Gasteiger partial charge < -0.3 is 10.1 Å². The highest BCUT2D eigenvalue weighted by molar-refractivity contribution is 7.89. The van der Waals surface area contributed by atoms with Gasteiger partial charge in [-0.1, -0.05) is 11.6 Å². The van der Waals surface area contributed by atoms with Crippen molar-refractivity contribution in [1.82, 2.24) is 4.31 Å². The zero-order valence-electron chi connectivity index (χ0n) is 14.5. The first-order valence-corrected chi connectivity index (χ1v) is 9.54. The molecule has 0 saturated carbocycles. The molecule has 0 atom stereocenters. The van der Waals surface area contributed by atoms with E-state index in [2.05, 4.69) is 4.74 Å². The maximum absolute atomic E-state index is 13.4. The van der Waals surface area contributed by atoms with Gasteiger partial charge in [-0.3, -0.25) is 9.59 Å². The molecule has 0 heterocycles. The van der Waals surface area contributed by atoms with Gasteiger partial charge in [-0.15, -0.1) is 0 Å². The predicted molar refractivity (Wildman–Crippen MR) is 97.2 cm³/mol. The zero-order chi connectivity index (χ0) is 20.9. The van der Waals surface area contributed by atoms with E-state index in [9.17, 15) is 26.8 Å². The van der Waals surface area contributed by atoms with Crippen molar-refractivity contribution in [3.63, 3.8) is 0 Å². The van der Waals surface area contributed by atoms with Crippen LogP contribution in [-0.4, -0.2) is 44.8 Å². The van der Waals surface area contributed by atoms with Crippen molar-refractivity contribution < 1.29 is 31.5 Å². The molecule has 0 fully saturated rings. The summed E-state index contributed by atoms with van der Waals surface area (Å²) in [5, 5.41) is 2.39. The van der Waals surface area contributed by atoms with Crippen LogP contribution in [0.15, 0.2) is 47.4 Å². The van der Waals surface area contributed by atoms with Crippen molar-refractivity contribution >= 4 is 39.2 Å². The van der Waals surface area contributed by atoms with Crippen LogP contribution < -0.4 is 5.32 Å². The summed E-state index contributed by atoms with van der Waals surface area (Å²) in [5.41, 5.74) is -0.413. The van der Waals surface area contributed by atoms with Crippen LogP contribution in [0, 0.1) is 11.6 Å². The SMILES string of the molecule is CN(CC(=O)OCC(=O)Nc1cc(F)ccc1F)S(=O)(=O)c1ccc(Cl)cc1. The first kappa shape index (κ1) is 21.7. The maximum atomic E-state index is 13.4. The van der Waals surface area contributed by atoms with Gasteiger partial charge in [0.25, 0.3) is 5.91 Å². The fraction of sp³-hybridized carbons (Fsp3) is 0.176. The smallest absolute Gasteiger partial charge is 0.321 e. The Kier molecular flexibility index (Phi) is 7.05. The van der Waals surface area contributed by atoms with Crippen LogP contribution in [0.3, 0.4) is 0 Å². The van der Waals surface area contributed by atoms with Crippen molar-refractivity contribution in [1.29, 1.82) is 0 Å². The first-order valence-electron chi connectivity index (χ1n) is 7.72. The molecule has 2 aromatic carbocycles. The largest absolute Gasteiger partial charge is 0.455 e. The average molecular weight is 433 g/mol. The van der Waals surface area contributed by atoms with Gasteiger partial charge in [0, 0.05) is 18.1 Å². The van der Waals surface area contributed by atoms with E-state index in [0.29, 0.717) is 5.02 Å². The van der Waals surface area contributed by atoms with Crippen LogP contribution >= 0.6 is 11.6 Å². The molecule has 1 N–H and O–H groups in total. The second-order valence-electron chi connectivity index (χ2n) is 5.55. The lowest BCUT2D eigenvalue weighted by Crippen LogP contribution is -2.34. The minimum absolute atomic E-state index is 0.0773. The molecule has 0 saturated heterocycles. The first-order chi connectivity index (χ1) is 13.1. The van der Waals surface area contributed by atoms with Crippen LogP contribution in [0.4, 0.5) is 14.5 Å². The highest BCUT2D eigenvalue weighted by Gasteiger charge is 2.24. The summed E-state index contributed by atoms with van der Waals surface area (Å²) in [7, 11) is -2.81. The van der Waals surface area contributed by atoms with Gasteiger partial charge in [0.05, 0.1) is 10.6 Å². The van der Waals surface area contributed by atoms with Crippen LogP contribution in [0.5, 0.6) is 0 Å². The van der Waals surface area contributed by atoms with E-state index in [1.165, 1.54) is 24.3 Å². The number of esters is 1. The number of rotatable bonds is 7. The minimum Gasteiger partial charge on any atom is -0.455 e. The number of carbonyl (C=O) groups is 2. The van der Waals surface area contributed by atoms with Crippen molar-refractivity contribution in [2.24, 2.45) is 0 Å². The molecule has 7 nitrogen and oxygen atoms in total. The van der Waals surface area contributed by atoms with E-state index in [-0.39, 0.29) is 4.90 Å². The molecule has 2 rings (SSSR count). The zero-order valence-corrected chi connectivity index (χ0v) is 16.1. The summed E-state index contributed by atoms with van der Waals surface area (Å²) in [6.07, 6.45) is 0. The van der Waals surface area contributed by atoms with Gasteiger partial charge in [-0.2, -0.15) is 4.31 Å². The molecule has 150 valence electrons. The number of amides is 1. The van der Waals surface area contributed by atoms with E-state index in [0.717, 1.165) is 29.6 Å². The molecular weight excluding hydrogens is 418 g/mol. The topological polar surface area (TPSA) is 92.8 Å². The number of halogens is 3. The maximum Gasteiger partial charge on any atom is 0.321 e. The summed E-state index contributed by atoms with van der Waals surface area (Å²) in [4.78, 5) is 23.4. The minimum atomic E-state index is -3.97. The summed E-state index contributed by atoms with van der Waals surface area (Å²) < 4.78 is 56.6. The van der Waals surface area contributed by atoms with Gasteiger partial charge in [0.2, 0.25) is 10.0 Å². The van der Waals surface area contributed by atoms with Crippen LogP contribution in [0.2, 0.25) is 5.02 Å². The summed E-state index contributed by atoms with van der Waals surface area (Å²) in [5.74, 6) is -3.55. The highest BCUT2D eigenvalue weighted by Crippen LogP contribution is 2.17. The number of likely N-dealkylation sites (N-methyl/N-ethyl adjacent to an activating group) is 1. The number of hydrogen-bond acceptors (Lipinski definition) is 5. The van der Waals surface area contributed by atoms with Crippen LogP contribution in [0.25, 0.3) is 0 Å². The summed E-state index contributed by atoms with van der Waals surface area (Å²) in [6, 6.07) is 7.80. The van der Waals surface area contributed by atoms with E-state index >= 15 is 0 Å². The Morgan fingerprint density at radius 2 is 1.79 bits per heavy atom. The van der Waals surface area contributed by atoms with E-state index in [4.69, 9.17) is 11.6 Å². The Balaban J connectivity index is 1.90. The second kappa shape index (κ2) is 9.09. The second-order valence-corrected chi connectivity index (χ2v) is 8.03. The third-order valence-electron chi connectivity index (χ3n) is 3.44. The average Bonchev–Trinajstić information content (AvgIpc) is 2.63. The number of nitrogens with one attached hydrogen (secondary N) is 1. The molecule has 11 heteroatoms. The Bertz CT molecular complexity index is 984. The molecule has 0 aliphatic heterocycles. The normalized spacial score (nSPS) is 11.3. The van der Waals surface area contributed by atoms with Gasteiger partial charge in [0.15, 0.2) is 6.61 Å². The van der Waals surface area contributed by atoms with Crippen molar-refractivity contribution in [3.8, 4) is 0 Å². The Labute approximate surface area is 164 Å². The van der Waals surface area contributed by atoms with Crippen molar-refractivity contribution in [2.45, 2.75) is 4.90 Å².